The van der Waals surface area contributed by atoms with Crippen LogP contribution in [0.2, 0.25) is 5.02 Å². The normalized spacial score (nSPS) is 15.3. The van der Waals surface area contributed by atoms with Crippen LogP contribution in [0.25, 0.3) is 0 Å². The average molecular weight is 435 g/mol. The van der Waals surface area contributed by atoms with Crippen LogP contribution in [0, 0.1) is 0 Å². The van der Waals surface area contributed by atoms with Crippen molar-refractivity contribution in [2.75, 3.05) is 54.2 Å². The number of carbonyl (C=O) groups is 1. The predicted molar refractivity (Wildman–Crippen MR) is 115 cm³/mol. The van der Waals surface area contributed by atoms with E-state index in [1.165, 1.54) is 21.3 Å². The van der Waals surface area contributed by atoms with Gasteiger partial charge in [-0.15, -0.1) is 0 Å². The molecule has 1 aliphatic heterocycles. The number of nitrogens with zero attached hydrogens (tertiary/aromatic N) is 1. The number of hydrogen-bond donors (Lipinski definition) is 1. The minimum Gasteiger partial charge on any atom is -0.493 e. The molecule has 0 aliphatic carbocycles. The van der Waals surface area contributed by atoms with Crippen molar-refractivity contribution in [3.8, 4) is 17.2 Å². The molecular weight excluding hydrogens is 408 g/mol. The number of ether oxygens (including phenoxy) is 4. The van der Waals surface area contributed by atoms with E-state index in [-0.39, 0.29) is 11.9 Å². The lowest BCUT2D eigenvalue weighted by Gasteiger charge is -2.35. The summed E-state index contributed by atoms with van der Waals surface area (Å²) in [7, 11) is 4.57. The Morgan fingerprint density at radius 1 is 1.07 bits per heavy atom. The van der Waals surface area contributed by atoms with E-state index in [1.54, 1.807) is 12.1 Å². The van der Waals surface area contributed by atoms with Crippen molar-refractivity contribution >= 4 is 17.5 Å². The van der Waals surface area contributed by atoms with Gasteiger partial charge in [-0.2, -0.15) is 0 Å². The monoisotopic (exact) mass is 434 g/mol. The first-order valence-electron chi connectivity index (χ1n) is 9.72. The molecule has 30 heavy (non-hydrogen) atoms. The molecule has 8 heteroatoms. The number of methoxy groups -OCH3 is 3. The summed E-state index contributed by atoms with van der Waals surface area (Å²) < 4.78 is 21.5. The number of halogens is 1. The fourth-order valence-electron chi connectivity index (χ4n) is 3.54. The summed E-state index contributed by atoms with van der Waals surface area (Å²) in [5.41, 5.74) is 1.52. The Hall–Kier alpha value is -2.48. The molecule has 0 aromatic heterocycles. The highest BCUT2D eigenvalue weighted by Gasteiger charge is 2.24. The zero-order valence-corrected chi connectivity index (χ0v) is 18.2. The molecule has 3 rings (SSSR count). The number of carbonyl (C=O) groups excluding carboxylic acids is 1. The number of benzene rings is 2. The fraction of sp³-hybridized carbons (Fsp3) is 0.409. The Bertz CT molecular complexity index is 828. The molecule has 1 saturated heterocycles. The van der Waals surface area contributed by atoms with Gasteiger partial charge in [-0.1, -0.05) is 23.7 Å². The predicted octanol–water partition coefficient (Wildman–Crippen LogP) is 3.17. The van der Waals surface area contributed by atoms with Crippen LogP contribution >= 0.6 is 11.6 Å². The lowest BCUT2D eigenvalue weighted by molar-refractivity contribution is 0.0162. The van der Waals surface area contributed by atoms with Crippen molar-refractivity contribution in [3.63, 3.8) is 0 Å². The first-order valence-corrected chi connectivity index (χ1v) is 10.1. The Morgan fingerprint density at radius 3 is 2.20 bits per heavy atom. The summed E-state index contributed by atoms with van der Waals surface area (Å²) in [5, 5.41) is 3.72. The number of nitrogens with one attached hydrogen (secondary N) is 1. The van der Waals surface area contributed by atoms with Crippen molar-refractivity contribution in [1.82, 2.24) is 10.2 Å². The molecule has 0 saturated carbocycles. The van der Waals surface area contributed by atoms with Crippen molar-refractivity contribution in [1.29, 1.82) is 0 Å². The quantitative estimate of drug-likeness (QED) is 0.688. The molecule has 0 radical (unpaired) electrons. The van der Waals surface area contributed by atoms with Gasteiger partial charge in [-0.25, -0.2) is 0 Å². The number of rotatable bonds is 8. The Morgan fingerprint density at radius 2 is 1.67 bits per heavy atom. The molecule has 2 aromatic rings. The molecule has 0 bridgehead atoms. The van der Waals surface area contributed by atoms with Crippen LogP contribution in [-0.2, 0) is 4.74 Å². The summed E-state index contributed by atoms with van der Waals surface area (Å²) in [6, 6.07) is 11.0. The Labute approximate surface area is 181 Å². The van der Waals surface area contributed by atoms with Crippen molar-refractivity contribution in [3.05, 3.63) is 52.5 Å². The summed E-state index contributed by atoms with van der Waals surface area (Å²) in [6.45, 7) is 3.38. The zero-order valence-electron chi connectivity index (χ0n) is 17.4. The minimum absolute atomic E-state index is 0.0113. The first-order chi connectivity index (χ1) is 14.6. The lowest BCUT2D eigenvalue weighted by Crippen LogP contribution is -2.43. The van der Waals surface area contributed by atoms with Crippen molar-refractivity contribution < 1.29 is 23.7 Å². The molecule has 1 heterocycles. The van der Waals surface area contributed by atoms with Crippen LogP contribution < -0.4 is 19.5 Å². The van der Waals surface area contributed by atoms with Gasteiger partial charge in [0.15, 0.2) is 11.5 Å². The molecule has 0 spiro atoms. The summed E-state index contributed by atoms with van der Waals surface area (Å²) in [6.07, 6.45) is 0. The van der Waals surface area contributed by atoms with Crippen LogP contribution in [-0.4, -0.2) is 65.0 Å². The number of morpholine rings is 1. The number of hydrogen-bond acceptors (Lipinski definition) is 6. The highest BCUT2D eigenvalue weighted by atomic mass is 35.5. The maximum atomic E-state index is 12.9. The second kappa shape index (κ2) is 10.5. The van der Waals surface area contributed by atoms with E-state index < -0.39 is 0 Å². The van der Waals surface area contributed by atoms with Crippen molar-refractivity contribution in [2.24, 2.45) is 0 Å². The SMILES string of the molecule is COc1cc(C(=O)NC[C@H](c2ccc(Cl)cc2)N2CCOCC2)cc(OC)c1OC. The molecule has 7 nitrogen and oxygen atoms in total. The maximum absolute atomic E-state index is 12.9. The maximum Gasteiger partial charge on any atom is 0.251 e. The van der Waals surface area contributed by atoms with E-state index in [1.807, 2.05) is 24.3 Å². The van der Waals surface area contributed by atoms with Gasteiger partial charge >= 0.3 is 0 Å². The van der Waals surface area contributed by atoms with Gasteiger partial charge in [0.1, 0.15) is 0 Å². The molecule has 1 fully saturated rings. The van der Waals surface area contributed by atoms with Gasteiger partial charge in [-0.3, -0.25) is 9.69 Å². The largest absolute Gasteiger partial charge is 0.493 e. The van der Waals surface area contributed by atoms with Crippen LogP contribution in [0.15, 0.2) is 36.4 Å². The minimum atomic E-state index is -0.221. The zero-order chi connectivity index (χ0) is 21.5. The van der Waals surface area contributed by atoms with Crippen molar-refractivity contribution in [2.45, 2.75) is 6.04 Å². The fourth-order valence-corrected chi connectivity index (χ4v) is 3.66. The Balaban J connectivity index is 1.79. The summed E-state index contributed by atoms with van der Waals surface area (Å²) >= 11 is 6.05. The second-order valence-electron chi connectivity index (χ2n) is 6.84. The molecular formula is C22H27ClN2O5. The van der Waals surface area contributed by atoms with Gasteiger partial charge < -0.3 is 24.3 Å². The highest BCUT2D eigenvalue weighted by molar-refractivity contribution is 6.30. The standard InChI is InChI=1S/C22H27ClN2O5/c1-27-19-12-16(13-20(28-2)21(19)29-3)22(26)24-14-18(25-8-10-30-11-9-25)15-4-6-17(23)7-5-15/h4-7,12-13,18H,8-11,14H2,1-3H3,(H,24,26)/t18-/m1/s1. The summed E-state index contributed by atoms with van der Waals surface area (Å²) in [5.74, 6) is 1.10. The molecule has 0 unspecified atom stereocenters. The number of amides is 1. The average Bonchev–Trinajstić information content (AvgIpc) is 2.79. The Kier molecular flexibility index (Phi) is 7.79. The molecule has 1 atom stereocenters. The molecule has 1 N–H and O–H groups in total. The van der Waals surface area contributed by atoms with Crippen LogP contribution in [0.1, 0.15) is 22.0 Å². The molecule has 1 aliphatic rings. The highest BCUT2D eigenvalue weighted by Crippen LogP contribution is 2.38. The smallest absolute Gasteiger partial charge is 0.251 e. The van der Waals surface area contributed by atoms with E-state index >= 15 is 0 Å². The third-order valence-corrected chi connectivity index (χ3v) is 5.38. The van der Waals surface area contributed by atoms with Crippen LogP contribution in [0.4, 0.5) is 0 Å². The van der Waals surface area contributed by atoms with Gasteiger partial charge in [0.05, 0.1) is 40.6 Å². The molecule has 2 aromatic carbocycles. The second-order valence-corrected chi connectivity index (χ2v) is 7.28. The molecule has 1 amide bonds. The van der Waals surface area contributed by atoms with E-state index in [4.69, 9.17) is 30.5 Å². The first kappa shape index (κ1) is 22.2. The topological polar surface area (TPSA) is 69.3 Å². The van der Waals surface area contributed by atoms with E-state index in [2.05, 4.69) is 10.2 Å². The van der Waals surface area contributed by atoms with Gasteiger partial charge in [0.2, 0.25) is 5.75 Å². The lowest BCUT2D eigenvalue weighted by atomic mass is 10.0. The third kappa shape index (κ3) is 5.16. The van der Waals surface area contributed by atoms with Crippen LogP contribution in [0.5, 0.6) is 17.2 Å². The van der Waals surface area contributed by atoms with Gasteiger partial charge in [0.25, 0.3) is 5.91 Å². The van der Waals surface area contributed by atoms with Gasteiger partial charge in [0, 0.05) is 30.2 Å². The molecule has 162 valence electrons. The van der Waals surface area contributed by atoms with Crippen LogP contribution in [0.3, 0.4) is 0 Å². The third-order valence-electron chi connectivity index (χ3n) is 5.12. The van der Waals surface area contributed by atoms with E-state index in [0.717, 1.165) is 18.7 Å². The van der Waals surface area contributed by atoms with E-state index in [9.17, 15) is 4.79 Å². The summed E-state index contributed by atoms with van der Waals surface area (Å²) in [4.78, 5) is 15.2. The van der Waals surface area contributed by atoms with E-state index in [0.29, 0.717) is 47.6 Å². The van der Waals surface area contributed by atoms with Gasteiger partial charge in [-0.05, 0) is 29.8 Å².